The lowest BCUT2D eigenvalue weighted by Crippen LogP contribution is -2.45. The van der Waals surface area contributed by atoms with E-state index in [1.165, 1.54) is 6.08 Å². The summed E-state index contributed by atoms with van der Waals surface area (Å²) in [5.41, 5.74) is 2.87. The van der Waals surface area contributed by atoms with Crippen molar-refractivity contribution in [2.75, 3.05) is 0 Å². The van der Waals surface area contributed by atoms with Crippen LogP contribution >= 0.6 is 0 Å². The van der Waals surface area contributed by atoms with Crippen LogP contribution < -0.4 is 10.6 Å². The highest BCUT2D eigenvalue weighted by Gasteiger charge is 2.23. The third kappa shape index (κ3) is 6.40. The molecule has 3 aromatic carbocycles. The Morgan fingerprint density at radius 2 is 1.47 bits per heavy atom. The molecule has 3 rings (SSSR count). The first-order valence-corrected chi connectivity index (χ1v) is 10.1. The molecule has 6 heteroatoms. The van der Waals surface area contributed by atoms with Gasteiger partial charge < -0.3 is 15.7 Å². The molecule has 0 heterocycles. The highest BCUT2D eigenvalue weighted by Crippen LogP contribution is 2.10. The lowest BCUT2D eigenvalue weighted by Gasteiger charge is -2.17. The highest BCUT2D eigenvalue weighted by molar-refractivity contribution is 6.06. The van der Waals surface area contributed by atoms with Gasteiger partial charge in [0.1, 0.15) is 11.7 Å². The number of rotatable bonds is 8. The van der Waals surface area contributed by atoms with Crippen LogP contribution in [0.1, 0.15) is 27.0 Å². The smallest absolute Gasteiger partial charge is 0.326 e. The van der Waals surface area contributed by atoms with Crippen molar-refractivity contribution in [1.29, 1.82) is 0 Å². The number of carboxylic acid groups (broad SMARTS) is 1. The minimum absolute atomic E-state index is 0.0398. The molecule has 3 N–H and O–H groups in total. The van der Waals surface area contributed by atoms with Crippen molar-refractivity contribution in [3.05, 3.63) is 113 Å². The normalized spacial score (nSPS) is 12.0. The van der Waals surface area contributed by atoms with E-state index in [9.17, 15) is 19.5 Å². The molecule has 2 amide bonds. The van der Waals surface area contributed by atoms with E-state index in [-0.39, 0.29) is 12.1 Å². The number of aryl methyl sites for hydroxylation is 1. The predicted octanol–water partition coefficient (Wildman–Crippen LogP) is 3.58. The first-order valence-electron chi connectivity index (χ1n) is 10.1. The second kappa shape index (κ2) is 10.7. The Morgan fingerprint density at radius 1 is 0.875 bits per heavy atom. The van der Waals surface area contributed by atoms with Gasteiger partial charge in [-0.1, -0.05) is 78.4 Å². The second-order valence-electron chi connectivity index (χ2n) is 7.34. The molecular formula is C26H24N2O4. The number of amides is 2. The molecule has 0 fully saturated rings. The number of nitrogens with one attached hydrogen (secondary N) is 2. The Hall–Kier alpha value is -4.19. The molecule has 0 saturated heterocycles. The van der Waals surface area contributed by atoms with Crippen molar-refractivity contribution >= 4 is 23.9 Å². The summed E-state index contributed by atoms with van der Waals surface area (Å²) in [5, 5.41) is 14.8. The van der Waals surface area contributed by atoms with Crippen molar-refractivity contribution in [3.63, 3.8) is 0 Å². The second-order valence-corrected chi connectivity index (χ2v) is 7.34. The Balaban J connectivity index is 1.85. The van der Waals surface area contributed by atoms with Gasteiger partial charge in [0.05, 0.1) is 0 Å². The Labute approximate surface area is 186 Å². The quantitative estimate of drug-likeness (QED) is 0.478. The van der Waals surface area contributed by atoms with E-state index < -0.39 is 23.8 Å². The molecule has 1 unspecified atom stereocenters. The van der Waals surface area contributed by atoms with Crippen LogP contribution in [-0.4, -0.2) is 28.9 Å². The molecule has 0 aliphatic rings. The zero-order valence-electron chi connectivity index (χ0n) is 17.6. The fourth-order valence-corrected chi connectivity index (χ4v) is 3.06. The number of benzene rings is 3. The molecular weight excluding hydrogens is 404 g/mol. The first kappa shape index (κ1) is 22.5. The van der Waals surface area contributed by atoms with E-state index >= 15 is 0 Å². The van der Waals surface area contributed by atoms with Gasteiger partial charge in [-0.3, -0.25) is 9.59 Å². The predicted molar refractivity (Wildman–Crippen MR) is 123 cm³/mol. The van der Waals surface area contributed by atoms with Gasteiger partial charge in [-0.25, -0.2) is 4.79 Å². The molecule has 0 radical (unpaired) electrons. The fourth-order valence-electron chi connectivity index (χ4n) is 3.06. The van der Waals surface area contributed by atoms with E-state index in [0.29, 0.717) is 11.1 Å². The largest absolute Gasteiger partial charge is 0.480 e. The molecule has 1 atom stereocenters. The minimum atomic E-state index is -1.16. The van der Waals surface area contributed by atoms with Gasteiger partial charge >= 0.3 is 5.97 Å². The Morgan fingerprint density at radius 3 is 2.06 bits per heavy atom. The molecule has 0 aliphatic carbocycles. The van der Waals surface area contributed by atoms with E-state index in [2.05, 4.69) is 10.6 Å². The topological polar surface area (TPSA) is 95.5 Å². The summed E-state index contributed by atoms with van der Waals surface area (Å²) in [7, 11) is 0. The lowest BCUT2D eigenvalue weighted by molar-refractivity contribution is -0.141. The van der Waals surface area contributed by atoms with Crippen LogP contribution in [-0.2, 0) is 16.0 Å². The number of aliphatic carboxylic acids is 1. The monoisotopic (exact) mass is 428 g/mol. The van der Waals surface area contributed by atoms with Crippen LogP contribution in [0.5, 0.6) is 0 Å². The van der Waals surface area contributed by atoms with Crippen LogP contribution in [0.3, 0.4) is 0 Å². The van der Waals surface area contributed by atoms with Gasteiger partial charge in [-0.15, -0.1) is 0 Å². The summed E-state index contributed by atoms with van der Waals surface area (Å²) in [6.45, 7) is 1.94. The molecule has 0 bridgehead atoms. The summed E-state index contributed by atoms with van der Waals surface area (Å²) in [6, 6.07) is 23.8. The Kier molecular flexibility index (Phi) is 7.54. The van der Waals surface area contributed by atoms with Crippen molar-refractivity contribution in [3.8, 4) is 0 Å². The van der Waals surface area contributed by atoms with Crippen LogP contribution in [0.15, 0.2) is 90.6 Å². The standard InChI is InChI=1S/C26H24N2O4/c1-18-12-14-20(15-13-18)16-22(27-24(29)21-10-6-3-7-11-21)25(30)28-23(26(31)32)17-19-8-4-2-5-9-19/h2-16,23H,17H2,1H3,(H,27,29)(H,28,30)(H,31,32). The molecule has 162 valence electrons. The highest BCUT2D eigenvalue weighted by atomic mass is 16.4. The van der Waals surface area contributed by atoms with Crippen LogP contribution in [0.25, 0.3) is 6.08 Å². The summed E-state index contributed by atoms with van der Waals surface area (Å²) < 4.78 is 0. The SMILES string of the molecule is Cc1ccc(C=C(NC(=O)c2ccccc2)C(=O)NC(Cc2ccccc2)C(=O)O)cc1. The third-order valence-corrected chi connectivity index (χ3v) is 4.80. The van der Waals surface area contributed by atoms with Gasteiger partial charge in [0.25, 0.3) is 11.8 Å². The number of carboxylic acids is 1. The molecule has 6 nitrogen and oxygen atoms in total. The van der Waals surface area contributed by atoms with Gasteiger partial charge in [0.2, 0.25) is 0 Å². The number of hydrogen-bond acceptors (Lipinski definition) is 3. The number of carbonyl (C=O) groups is 3. The summed E-state index contributed by atoms with van der Waals surface area (Å²) in [6.07, 6.45) is 1.64. The summed E-state index contributed by atoms with van der Waals surface area (Å²) in [5.74, 6) is -2.31. The van der Waals surface area contributed by atoms with Crippen molar-refractivity contribution < 1.29 is 19.5 Å². The Bertz CT molecular complexity index is 1110. The van der Waals surface area contributed by atoms with Crippen molar-refractivity contribution in [1.82, 2.24) is 10.6 Å². The van der Waals surface area contributed by atoms with Crippen molar-refractivity contribution in [2.45, 2.75) is 19.4 Å². The molecule has 0 saturated carbocycles. The zero-order chi connectivity index (χ0) is 22.9. The van der Waals surface area contributed by atoms with Gasteiger partial charge in [0.15, 0.2) is 0 Å². The summed E-state index contributed by atoms with van der Waals surface area (Å²) in [4.78, 5) is 37.5. The van der Waals surface area contributed by atoms with Crippen LogP contribution in [0, 0.1) is 6.92 Å². The van der Waals surface area contributed by atoms with Gasteiger partial charge in [-0.2, -0.15) is 0 Å². The van der Waals surface area contributed by atoms with E-state index in [0.717, 1.165) is 11.1 Å². The van der Waals surface area contributed by atoms with Crippen LogP contribution in [0.4, 0.5) is 0 Å². The molecule has 0 aromatic heterocycles. The average Bonchev–Trinajstić information content (AvgIpc) is 2.80. The number of carbonyl (C=O) groups excluding carboxylic acids is 2. The maximum Gasteiger partial charge on any atom is 0.326 e. The number of hydrogen-bond donors (Lipinski definition) is 3. The molecule has 3 aromatic rings. The minimum Gasteiger partial charge on any atom is -0.480 e. The van der Waals surface area contributed by atoms with E-state index in [1.54, 1.807) is 54.6 Å². The van der Waals surface area contributed by atoms with Gasteiger partial charge in [-0.05, 0) is 36.3 Å². The molecule has 0 aliphatic heterocycles. The van der Waals surface area contributed by atoms with Crippen molar-refractivity contribution in [2.24, 2.45) is 0 Å². The molecule has 0 spiro atoms. The first-order chi connectivity index (χ1) is 15.4. The van der Waals surface area contributed by atoms with E-state index in [1.807, 2.05) is 37.3 Å². The fraction of sp³-hybridized carbons (Fsp3) is 0.115. The zero-order valence-corrected chi connectivity index (χ0v) is 17.6. The van der Waals surface area contributed by atoms with E-state index in [4.69, 9.17) is 0 Å². The summed E-state index contributed by atoms with van der Waals surface area (Å²) >= 11 is 0. The average molecular weight is 428 g/mol. The maximum atomic E-state index is 13.0. The van der Waals surface area contributed by atoms with Crippen LogP contribution in [0.2, 0.25) is 0 Å². The van der Waals surface area contributed by atoms with Gasteiger partial charge in [0, 0.05) is 12.0 Å². The molecule has 32 heavy (non-hydrogen) atoms. The maximum absolute atomic E-state index is 13.0. The lowest BCUT2D eigenvalue weighted by atomic mass is 10.1. The third-order valence-electron chi connectivity index (χ3n) is 4.80.